The van der Waals surface area contributed by atoms with Crippen molar-refractivity contribution in [1.29, 1.82) is 0 Å². The minimum Gasteiger partial charge on any atom is -0.269 e. The number of nitrogens with one attached hydrogen (secondary N) is 1. The van der Waals surface area contributed by atoms with E-state index in [1.54, 1.807) is 0 Å². The third-order valence-electron chi connectivity index (χ3n) is 2.61. The van der Waals surface area contributed by atoms with E-state index in [1.807, 2.05) is 0 Å². The summed E-state index contributed by atoms with van der Waals surface area (Å²) in [4.78, 5) is 0. The summed E-state index contributed by atoms with van der Waals surface area (Å²) in [6.45, 7) is 6.55. The molecule has 0 amide bonds. The maximum atomic E-state index is 10.9. The van der Waals surface area contributed by atoms with Gasteiger partial charge in [0.05, 0.1) is 0 Å². The van der Waals surface area contributed by atoms with Gasteiger partial charge >= 0.3 is 11.3 Å². The Hall–Kier alpha value is -1.36. The molecular formula is C12H16N2O2S. The number of hydrogen-bond acceptors (Lipinski definition) is 3. The van der Waals surface area contributed by atoms with Crippen molar-refractivity contribution < 1.29 is 8.49 Å². The minimum absolute atomic E-state index is 0.159. The highest BCUT2D eigenvalue weighted by molar-refractivity contribution is 7.79. The molecule has 4 nitrogen and oxygen atoms in total. The van der Waals surface area contributed by atoms with Crippen LogP contribution in [0, 0.1) is 0 Å². The van der Waals surface area contributed by atoms with E-state index in [9.17, 15) is 4.21 Å². The van der Waals surface area contributed by atoms with Crippen LogP contribution < -0.4 is 4.72 Å². The molecule has 0 saturated carbocycles. The lowest BCUT2D eigenvalue weighted by atomic mass is 9.86. The van der Waals surface area contributed by atoms with Gasteiger partial charge in [-0.05, 0) is 16.5 Å². The molecule has 0 bridgehead atoms. The van der Waals surface area contributed by atoms with Gasteiger partial charge in [-0.15, -0.1) is 0 Å². The Morgan fingerprint density at radius 1 is 1.29 bits per heavy atom. The molecule has 92 valence electrons. The molecule has 0 fully saturated rings. The summed E-state index contributed by atoms with van der Waals surface area (Å²) >= 11 is -1.50. The van der Waals surface area contributed by atoms with Gasteiger partial charge in [-0.3, -0.25) is 9.01 Å². The molecule has 1 unspecified atom stereocenters. The first-order valence-corrected chi connectivity index (χ1v) is 6.55. The molecule has 1 aliphatic rings. The highest BCUT2D eigenvalue weighted by Gasteiger charge is 2.16. The summed E-state index contributed by atoms with van der Waals surface area (Å²) in [5.41, 5.74) is 2.57. The molecule has 0 aliphatic carbocycles. The average molecular weight is 252 g/mol. The zero-order valence-corrected chi connectivity index (χ0v) is 11.0. The van der Waals surface area contributed by atoms with Crippen LogP contribution in [-0.4, -0.2) is 10.0 Å². The topological polar surface area (TPSA) is 50.7 Å². The maximum absolute atomic E-state index is 10.9. The van der Waals surface area contributed by atoms with Crippen LogP contribution in [0.1, 0.15) is 31.9 Å². The van der Waals surface area contributed by atoms with Crippen LogP contribution in [0.15, 0.2) is 29.4 Å². The molecule has 1 N–H and O–H groups in total. The lowest BCUT2D eigenvalue weighted by Crippen LogP contribution is -2.21. The molecule has 1 aliphatic heterocycles. The van der Waals surface area contributed by atoms with E-state index in [2.05, 4.69) is 59.2 Å². The summed E-state index contributed by atoms with van der Waals surface area (Å²) in [5.74, 6) is 0.604. The second-order valence-corrected chi connectivity index (χ2v) is 5.90. The second-order valence-electron chi connectivity index (χ2n) is 5.07. The fourth-order valence-electron chi connectivity index (χ4n) is 1.60. The van der Waals surface area contributed by atoms with Gasteiger partial charge in [0, 0.05) is 6.42 Å². The van der Waals surface area contributed by atoms with Gasteiger partial charge < -0.3 is 0 Å². The molecular weight excluding hydrogens is 236 g/mol. The fraction of sp³-hybridized carbons (Fsp3) is 0.417. The SMILES string of the molecule is CC(C)(C)c1ccc(CC2=NOS(=O)N2)cc1. The van der Waals surface area contributed by atoms with Crippen molar-refractivity contribution in [2.75, 3.05) is 0 Å². The van der Waals surface area contributed by atoms with Gasteiger partial charge in [-0.25, -0.2) is 0 Å². The quantitative estimate of drug-likeness (QED) is 0.875. The molecule has 5 heteroatoms. The zero-order valence-electron chi connectivity index (χ0n) is 10.2. The molecule has 2 rings (SSSR count). The molecule has 0 saturated heterocycles. The van der Waals surface area contributed by atoms with Crippen LogP contribution in [-0.2, 0) is 27.4 Å². The van der Waals surface area contributed by atoms with E-state index in [0.717, 1.165) is 5.56 Å². The summed E-state index contributed by atoms with van der Waals surface area (Å²) in [6, 6.07) is 8.35. The summed E-state index contributed by atoms with van der Waals surface area (Å²) in [6.07, 6.45) is 0.607. The van der Waals surface area contributed by atoms with Gasteiger partial charge in [0.1, 0.15) is 0 Å². The molecule has 1 heterocycles. The van der Waals surface area contributed by atoms with E-state index < -0.39 is 11.3 Å². The van der Waals surface area contributed by atoms with Crippen molar-refractivity contribution in [3.05, 3.63) is 35.4 Å². The van der Waals surface area contributed by atoms with E-state index in [1.165, 1.54) is 5.56 Å². The van der Waals surface area contributed by atoms with E-state index in [4.69, 9.17) is 0 Å². The first-order valence-electron chi connectivity index (χ1n) is 5.47. The van der Waals surface area contributed by atoms with Crippen LogP contribution in [0.5, 0.6) is 0 Å². The molecule has 17 heavy (non-hydrogen) atoms. The van der Waals surface area contributed by atoms with Crippen molar-refractivity contribution in [1.82, 2.24) is 4.72 Å². The van der Waals surface area contributed by atoms with Crippen molar-refractivity contribution >= 4 is 17.1 Å². The highest BCUT2D eigenvalue weighted by atomic mass is 32.2. The van der Waals surface area contributed by atoms with E-state index in [-0.39, 0.29) is 5.41 Å². The Morgan fingerprint density at radius 2 is 1.94 bits per heavy atom. The third kappa shape index (κ3) is 3.06. The number of rotatable bonds is 2. The summed E-state index contributed by atoms with van der Waals surface area (Å²) in [7, 11) is 0. The van der Waals surface area contributed by atoms with Gasteiger partial charge in [0.25, 0.3) is 0 Å². The van der Waals surface area contributed by atoms with Crippen molar-refractivity contribution in [3.8, 4) is 0 Å². The van der Waals surface area contributed by atoms with Gasteiger partial charge in [-0.1, -0.05) is 50.2 Å². The first-order chi connectivity index (χ1) is 7.95. The van der Waals surface area contributed by atoms with Gasteiger partial charge in [0.15, 0.2) is 5.84 Å². The van der Waals surface area contributed by atoms with Crippen molar-refractivity contribution in [2.24, 2.45) is 5.16 Å². The fourth-order valence-corrected chi connectivity index (χ4v) is 2.09. The molecule has 0 aromatic heterocycles. The Labute approximate surface area is 104 Å². The van der Waals surface area contributed by atoms with Gasteiger partial charge in [-0.2, -0.15) is 4.21 Å². The van der Waals surface area contributed by atoms with Crippen molar-refractivity contribution in [2.45, 2.75) is 32.6 Å². The number of hydrogen-bond donors (Lipinski definition) is 1. The summed E-state index contributed by atoms with van der Waals surface area (Å²) in [5, 5.41) is 3.69. The Kier molecular flexibility index (Phi) is 3.19. The first kappa shape index (κ1) is 12.1. The standard InChI is InChI=1S/C12H16N2O2S/c1-12(2,3)10-6-4-9(5-7-10)8-11-13-16-17(15)14-11/h4-7H,8H2,1-3H3,(H,13,14). The Balaban J connectivity index is 2.06. The molecule has 1 atom stereocenters. The Morgan fingerprint density at radius 3 is 2.41 bits per heavy atom. The lowest BCUT2D eigenvalue weighted by molar-refractivity contribution is 0.384. The third-order valence-corrected chi connectivity index (χ3v) is 3.22. The maximum Gasteiger partial charge on any atom is 0.338 e. The number of nitrogens with zero attached hydrogens (tertiary/aromatic N) is 1. The molecule has 1 aromatic carbocycles. The normalized spacial score (nSPS) is 19.5. The van der Waals surface area contributed by atoms with Crippen LogP contribution in [0.25, 0.3) is 0 Å². The number of oxime groups is 1. The van der Waals surface area contributed by atoms with Crippen LogP contribution in [0.3, 0.4) is 0 Å². The Bertz CT molecular complexity index is 460. The lowest BCUT2D eigenvalue weighted by Gasteiger charge is -2.19. The van der Waals surface area contributed by atoms with Gasteiger partial charge in [0.2, 0.25) is 0 Å². The monoisotopic (exact) mass is 252 g/mol. The predicted molar refractivity (Wildman–Crippen MR) is 68.6 cm³/mol. The van der Waals surface area contributed by atoms with Crippen molar-refractivity contribution in [3.63, 3.8) is 0 Å². The second kappa shape index (κ2) is 4.49. The smallest absolute Gasteiger partial charge is 0.269 e. The highest BCUT2D eigenvalue weighted by Crippen LogP contribution is 2.22. The predicted octanol–water partition coefficient (Wildman–Crippen LogP) is 2.04. The largest absolute Gasteiger partial charge is 0.338 e. The number of amidine groups is 1. The minimum atomic E-state index is -1.50. The molecule has 1 aromatic rings. The van der Waals surface area contributed by atoms with E-state index >= 15 is 0 Å². The molecule has 0 radical (unpaired) electrons. The number of benzene rings is 1. The van der Waals surface area contributed by atoms with Crippen LogP contribution >= 0.6 is 0 Å². The average Bonchev–Trinajstić information content (AvgIpc) is 2.63. The zero-order chi connectivity index (χ0) is 12.5. The summed E-state index contributed by atoms with van der Waals surface area (Å²) < 4.78 is 18.1. The van der Waals surface area contributed by atoms with Crippen LogP contribution in [0.2, 0.25) is 0 Å². The van der Waals surface area contributed by atoms with E-state index in [0.29, 0.717) is 12.3 Å². The van der Waals surface area contributed by atoms with Crippen LogP contribution in [0.4, 0.5) is 0 Å². The molecule has 0 spiro atoms.